The maximum Gasteiger partial charge on any atom is 0.139 e. The van der Waals surface area contributed by atoms with Gasteiger partial charge in [0.2, 0.25) is 0 Å². The van der Waals surface area contributed by atoms with Gasteiger partial charge in [-0.25, -0.2) is 0 Å². The molecule has 2 saturated carbocycles. The lowest BCUT2D eigenvalue weighted by atomic mass is 9.55. The molecule has 0 aliphatic heterocycles. The van der Waals surface area contributed by atoms with E-state index in [1.54, 1.807) is 0 Å². The summed E-state index contributed by atoms with van der Waals surface area (Å²) in [7, 11) is 0. The van der Waals surface area contributed by atoms with Gasteiger partial charge in [0.15, 0.2) is 0 Å². The fraction of sp³-hybridized carbons (Fsp3) is 0.533. The van der Waals surface area contributed by atoms with Crippen LogP contribution in [0.4, 0.5) is 5.69 Å². The summed E-state index contributed by atoms with van der Waals surface area (Å²) < 4.78 is 0. The van der Waals surface area contributed by atoms with E-state index in [1.807, 2.05) is 30.3 Å². The first-order valence-electron chi connectivity index (χ1n) is 13.2. The highest BCUT2D eigenvalue weighted by atomic mass is 35.5. The van der Waals surface area contributed by atoms with E-state index in [4.69, 9.17) is 23.2 Å². The van der Waals surface area contributed by atoms with Crippen LogP contribution in [0.5, 0.6) is 0 Å². The van der Waals surface area contributed by atoms with Crippen molar-refractivity contribution < 1.29 is 14.7 Å². The van der Waals surface area contributed by atoms with Crippen LogP contribution in [0.3, 0.4) is 0 Å². The van der Waals surface area contributed by atoms with Crippen molar-refractivity contribution in [3.8, 4) is 0 Å². The number of aryl methyl sites for hydroxylation is 1. The third-order valence-electron chi connectivity index (χ3n) is 9.33. The van der Waals surface area contributed by atoms with Crippen LogP contribution in [0.1, 0.15) is 73.1 Å². The van der Waals surface area contributed by atoms with Crippen LogP contribution >= 0.6 is 23.2 Å². The molecule has 0 aromatic heterocycles. The normalized spacial score (nSPS) is 27.6. The minimum atomic E-state index is -1.09. The minimum absolute atomic E-state index is 0.131. The maximum absolute atomic E-state index is 12.6. The Morgan fingerprint density at radius 1 is 1.03 bits per heavy atom. The number of halogens is 2. The first-order valence-corrected chi connectivity index (χ1v) is 14.3. The van der Waals surface area contributed by atoms with Crippen LogP contribution in [0.2, 0.25) is 0 Å². The van der Waals surface area contributed by atoms with Gasteiger partial charge in [-0.05, 0) is 84.2 Å². The summed E-state index contributed by atoms with van der Waals surface area (Å²) in [5.74, 6) is 1.06. The predicted octanol–water partition coefficient (Wildman–Crippen LogP) is 5.28. The Balaban J connectivity index is 1.40. The number of nitrogens with zero attached hydrogens (tertiary/aromatic N) is 1. The lowest BCUT2D eigenvalue weighted by Gasteiger charge is -2.48. The van der Waals surface area contributed by atoms with Crippen molar-refractivity contribution in [2.24, 2.45) is 17.3 Å². The number of fused-ring (bicyclic) bond motifs is 5. The van der Waals surface area contributed by atoms with E-state index >= 15 is 0 Å². The van der Waals surface area contributed by atoms with Crippen molar-refractivity contribution in [2.45, 2.75) is 57.3 Å². The molecule has 6 heteroatoms. The molecule has 2 aromatic carbocycles. The second kappa shape index (κ2) is 10.4. The van der Waals surface area contributed by atoms with E-state index in [2.05, 4.69) is 24.0 Å². The number of benzene rings is 2. The molecule has 0 heterocycles. The molecule has 2 fully saturated rings. The number of aliphatic carboxylic acids is 1. The number of carboxylic acid groups (broad SMARTS) is 1. The van der Waals surface area contributed by atoms with Gasteiger partial charge >= 0.3 is 0 Å². The third kappa shape index (κ3) is 4.45. The Morgan fingerprint density at radius 3 is 2.39 bits per heavy atom. The quantitative estimate of drug-likeness (QED) is 0.439. The highest BCUT2D eigenvalue weighted by Gasteiger charge is 2.54. The molecular weight excluding hydrogens is 493 g/mol. The summed E-state index contributed by atoms with van der Waals surface area (Å²) in [4.78, 5) is 27.0. The standard InChI is InChI=1S/C30H35Cl2NO3/c1-30-13-12-24-23-8-5-21(18-20(23)4-9-25(24)26(30)10-11-27(30)34)28(29(35)36)19-2-6-22(7-3-19)33(16-14-31)17-15-32/h2-3,5-8,18,24-26,28H,4,9-17H2,1H3,(H,35,36)/p-1/t24-,25-,26+,28?,30+/m1/s1. The van der Waals surface area contributed by atoms with Crippen LogP contribution in [0, 0.1) is 17.3 Å². The minimum Gasteiger partial charge on any atom is -0.549 e. The molecular formula is C30H34Cl2NO3-. The number of hydrogen-bond donors (Lipinski definition) is 0. The van der Waals surface area contributed by atoms with Crippen molar-refractivity contribution in [3.05, 3.63) is 64.7 Å². The summed E-state index contributed by atoms with van der Waals surface area (Å²) in [6.07, 6.45) is 5.79. The lowest BCUT2D eigenvalue weighted by molar-refractivity contribution is -0.306. The fourth-order valence-corrected chi connectivity index (χ4v) is 7.88. The first kappa shape index (κ1) is 25.6. The molecule has 0 saturated heterocycles. The molecule has 3 aliphatic rings. The van der Waals surface area contributed by atoms with Crippen LogP contribution in [-0.4, -0.2) is 36.6 Å². The molecule has 0 radical (unpaired) electrons. The molecule has 0 N–H and O–H groups in total. The number of hydrogen-bond acceptors (Lipinski definition) is 4. The fourth-order valence-electron chi connectivity index (χ4n) is 7.47. The summed E-state index contributed by atoms with van der Waals surface area (Å²) in [6.45, 7) is 3.56. The van der Waals surface area contributed by atoms with E-state index in [1.165, 1.54) is 11.1 Å². The Kier molecular flexibility index (Phi) is 7.38. The van der Waals surface area contributed by atoms with Gasteiger partial charge in [-0.15, -0.1) is 23.2 Å². The predicted molar refractivity (Wildman–Crippen MR) is 143 cm³/mol. The van der Waals surface area contributed by atoms with Gasteiger partial charge in [0.1, 0.15) is 5.78 Å². The average Bonchev–Trinajstić information content (AvgIpc) is 3.18. The second-order valence-corrected chi connectivity index (χ2v) is 11.8. The molecule has 192 valence electrons. The number of carbonyl (C=O) groups excluding carboxylic acids is 2. The van der Waals surface area contributed by atoms with Gasteiger partial charge in [-0.2, -0.15) is 0 Å². The van der Waals surface area contributed by atoms with E-state index in [0.29, 0.717) is 53.9 Å². The molecule has 0 amide bonds. The van der Waals surface area contributed by atoms with Crippen LogP contribution in [0.15, 0.2) is 42.5 Å². The first-order chi connectivity index (χ1) is 17.4. The van der Waals surface area contributed by atoms with E-state index in [-0.39, 0.29) is 5.41 Å². The topological polar surface area (TPSA) is 60.4 Å². The Morgan fingerprint density at radius 2 is 1.72 bits per heavy atom. The zero-order chi connectivity index (χ0) is 25.4. The zero-order valence-corrected chi connectivity index (χ0v) is 22.4. The second-order valence-electron chi connectivity index (χ2n) is 11.0. The molecule has 5 atom stereocenters. The lowest BCUT2D eigenvalue weighted by Crippen LogP contribution is -2.42. The molecule has 3 aliphatic carbocycles. The van der Waals surface area contributed by atoms with Crippen LogP contribution in [-0.2, 0) is 16.0 Å². The zero-order valence-electron chi connectivity index (χ0n) is 20.8. The number of rotatable bonds is 8. The maximum atomic E-state index is 12.6. The molecule has 1 unspecified atom stereocenters. The van der Waals surface area contributed by atoms with Gasteiger partial charge in [-0.1, -0.05) is 37.3 Å². The number of carbonyl (C=O) groups is 2. The van der Waals surface area contributed by atoms with Gasteiger partial charge in [0, 0.05) is 48.3 Å². The average molecular weight is 528 g/mol. The summed E-state index contributed by atoms with van der Waals surface area (Å²) >= 11 is 11.9. The molecule has 0 bridgehead atoms. The van der Waals surface area contributed by atoms with Crippen molar-refractivity contribution in [2.75, 3.05) is 29.7 Å². The number of ketones is 1. The van der Waals surface area contributed by atoms with Gasteiger partial charge < -0.3 is 14.8 Å². The number of alkyl halides is 2. The number of Topliss-reactive ketones (excluding diaryl/α,β-unsaturated/α-hetero) is 1. The molecule has 4 nitrogen and oxygen atoms in total. The van der Waals surface area contributed by atoms with E-state index in [9.17, 15) is 14.7 Å². The van der Waals surface area contributed by atoms with Crippen molar-refractivity contribution in [1.29, 1.82) is 0 Å². The third-order valence-corrected chi connectivity index (χ3v) is 9.67. The van der Waals surface area contributed by atoms with Crippen molar-refractivity contribution >= 4 is 40.6 Å². The highest BCUT2D eigenvalue weighted by molar-refractivity contribution is 6.18. The Bertz CT molecular complexity index is 1130. The van der Waals surface area contributed by atoms with Crippen LogP contribution < -0.4 is 10.0 Å². The summed E-state index contributed by atoms with van der Waals surface area (Å²) in [6, 6.07) is 13.9. The largest absolute Gasteiger partial charge is 0.549 e. The summed E-state index contributed by atoms with van der Waals surface area (Å²) in [5, 5.41) is 12.3. The Labute approximate surface area is 224 Å². The smallest absolute Gasteiger partial charge is 0.139 e. The van der Waals surface area contributed by atoms with Crippen LogP contribution in [0.25, 0.3) is 0 Å². The monoisotopic (exact) mass is 526 g/mol. The van der Waals surface area contributed by atoms with E-state index in [0.717, 1.165) is 49.8 Å². The van der Waals surface area contributed by atoms with Crippen molar-refractivity contribution in [3.63, 3.8) is 0 Å². The van der Waals surface area contributed by atoms with E-state index < -0.39 is 11.9 Å². The van der Waals surface area contributed by atoms with Gasteiger partial charge in [0.05, 0.1) is 5.97 Å². The van der Waals surface area contributed by atoms with Gasteiger partial charge in [-0.3, -0.25) is 4.79 Å². The number of anilines is 1. The highest BCUT2D eigenvalue weighted by Crippen LogP contribution is 2.59. The SMILES string of the molecule is C[C@]12CC[C@@H]3c4ccc(C(C(=O)[O-])c5ccc(N(CCCl)CCCl)cc5)cc4CC[C@H]3[C@@H]1CCC2=O. The Hall–Kier alpha value is -2.04. The molecule has 5 rings (SSSR count). The molecule has 36 heavy (non-hydrogen) atoms. The molecule has 0 spiro atoms. The summed E-state index contributed by atoms with van der Waals surface area (Å²) in [5.41, 5.74) is 4.95. The number of carboxylic acids is 1. The molecule has 2 aromatic rings. The van der Waals surface area contributed by atoms with Crippen molar-refractivity contribution in [1.82, 2.24) is 0 Å². The van der Waals surface area contributed by atoms with Gasteiger partial charge in [0.25, 0.3) is 0 Å².